The number of halogens is 2. The molecule has 0 fully saturated rings. The average molecular weight is 289 g/mol. The van der Waals surface area contributed by atoms with Gasteiger partial charge in [0.05, 0.1) is 6.04 Å². The summed E-state index contributed by atoms with van der Waals surface area (Å²) in [6, 6.07) is 4.93. The molecule has 0 aliphatic heterocycles. The van der Waals surface area contributed by atoms with Crippen LogP contribution in [-0.2, 0) is 11.2 Å². The van der Waals surface area contributed by atoms with Crippen molar-refractivity contribution in [3.63, 3.8) is 0 Å². The summed E-state index contributed by atoms with van der Waals surface area (Å²) < 4.78 is 0. The lowest BCUT2D eigenvalue weighted by Crippen LogP contribution is -2.41. The van der Waals surface area contributed by atoms with E-state index in [2.05, 4.69) is 5.32 Å². The second-order valence-corrected chi connectivity index (χ2v) is 5.02. The standard InChI is InChI=1S/C13H18Cl2N2O/c1-2-3-12(16)13(18)17-7-6-9-4-5-10(14)8-11(9)15/h4-5,8,12H,2-3,6-7,16H2,1H3,(H,17,18)/t12-/m1/s1. The lowest BCUT2D eigenvalue weighted by atomic mass is 10.1. The van der Waals surface area contributed by atoms with Crippen LogP contribution in [0.5, 0.6) is 0 Å². The van der Waals surface area contributed by atoms with Crippen molar-refractivity contribution in [1.82, 2.24) is 5.32 Å². The summed E-state index contributed by atoms with van der Waals surface area (Å²) in [7, 11) is 0. The van der Waals surface area contributed by atoms with E-state index in [1.807, 2.05) is 13.0 Å². The molecule has 0 aromatic heterocycles. The number of hydrogen-bond donors (Lipinski definition) is 2. The number of rotatable bonds is 6. The SMILES string of the molecule is CCC[C@@H](N)C(=O)NCCc1ccc(Cl)cc1Cl. The fourth-order valence-corrected chi connectivity index (χ4v) is 2.12. The van der Waals surface area contributed by atoms with Gasteiger partial charge in [-0.25, -0.2) is 0 Å². The molecule has 0 unspecified atom stereocenters. The van der Waals surface area contributed by atoms with Gasteiger partial charge >= 0.3 is 0 Å². The largest absolute Gasteiger partial charge is 0.354 e. The molecule has 18 heavy (non-hydrogen) atoms. The third kappa shape index (κ3) is 4.84. The Bertz CT molecular complexity index is 410. The highest BCUT2D eigenvalue weighted by atomic mass is 35.5. The second-order valence-electron chi connectivity index (χ2n) is 4.17. The molecule has 0 spiro atoms. The first kappa shape index (κ1) is 15.3. The number of carbonyl (C=O) groups excluding carboxylic acids is 1. The van der Waals surface area contributed by atoms with Crippen molar-refractivity contribution >= 4 is 29.1 Å². The molecule has 1 amide bonds. The summed E-state index contributed by atoms with van der Waals surface area (Å²) >= 11 is 11.8. The van der Waals surface area contributed by atoms with E-state index in [4.69, 9.17) is 28.9 Å². The summed E-state index contributed by atoms with van der Waals surface area (Å²) in [4.78, 5) is 11.6. The Morgan fingerprint density at radius 1 is 1.44 bits per heavy atom. The summed E-state index contributed by atoms with van der Waals surface area (Å²) in [6.07, 6.45) is 2.27. The monoisotopic (exact) mass is 288 g/mol. The van der Waals surface area contributed by atoms with Gasteiger partial charge in [0.15, 0.2) is 0 Å². The van der Waals surface area contributed by atoms with Gasteiger partial charge in [0, 0.05) is 16.6 Å². The number of carbonyl (C=O) groups is 1. The minimum absolute atomic E-state index is 0.109. The van der Waals surface area contributed by atoms with E-state index in [-0.39, 0.29) is 5.91 Å². The van der Waals surface area contributed by atoms with Crippen LogP contribution in [0.25, 0.3) is 0 Å². The fourth-order valence-electron chi connectivity index (χ4n) is 1.62. The van der Waals surface area contributed by atoms with Crippen molar-refractivity contribution in [1.29, 1.82) is 0 Å². The van der Waals surface area contributed by atoms with E-state index in [1.54, 1.807) is 12.1 Å². The Labute approximate surface area is 118 Å². The Kier molecular flexibility index (Phi) is 6.47. The van der Waals surface area contributed by atoms with Gasteiger partial charge in [-0.1, -0.05) is 42.6 Å². The maximum atomic E-state index is 11.6. The van der Waals surface area contributed by atoms with Crippen LogP contribution in [0, 0.1) is 0 Å². The molecular formula is C13H18Cl2N2O. The first-order valence-corrected chi connectivity index (χ1v) is 6.77. The molecular weight excluding hydrogens is 271 g/mol. The van der Waals surface area contributed by atoms with Crippen molar-refractivity contribution in [2.75, 3.05) is 6.54 Å². The van der Waals surface area contributed by atoms with Gasteiger partial charge in [-0.15, -0.1) is 0 Å². The number of nitrogens with two attached hydrogens (primary N) is 1. The Balaban J connectivity index is 2.39. The highest BCUT2D eigenvalue weighted by Gasteiger charge is 2.11. The normalized spacial score (nSPS) is 12.2. The molecule has 1 rings (SSSR count). The second kappa shape index (κ2) is 7.62. The Morgan fingerprint density at radius 2 is 2.17 bits per heavy atom. The highest BCUT2D eigenvalue weighted by Crippen LogP contribution is 2.20. The molecule has 0 aliphatic rings. The molecule has 1 aromatic rings. The zero-order valence-electron chi connectivity index (χ0n) is 10.4. The Hall–Kier alpha value is -0.770. The fraction of sp³-hybridized carbons (Fsp3) is 0.462. The van der Waals surface area contributed by atoms with Gasteiger partial charge in [0.25, 0.3) is 0 Å². The molecule has 1 atom stereocenters. The van der Waals surface area contributed by atoms with Crippen LogP contribution in [-0.4, -0.2) is 18.5 Å². The predicted octanol–water partition coefficient (Wildman–Crippen LogP) is 2.78. The highest BCUT2D eigenvalue weighted by molar-refractivity contribution is 6.35. The zero-order chi connectivity index (χ0) is 13.5. The van der Waals surface area contributed by atoms with Gasteiger partial charge < -0.3 is 11.1 Å². The van der Waals surface area contributed by atoms with Crippen molar-refractivity contribution in [2.24, 2.45) is 5.73 Å². The predicted molar refractivity (Wildman–Crippen MR) is 76.1 cm³/mol. The molecule has 0 saturated heterocycles. The maximum absolute atomic E-state index is 11.6. The molecule has 1 aromatic carbocycles. The first-order valence-electron chi connectivity index (χ1n) is 6.01. The molecule has 0 aliphatic carbocycles. The van der Waals surface area contributed by atoms with Crippen molar-refractivity contribution in [2.45, 2.75) is 32.2 Å². The molecule has 100 valence electrons. The summed E-state index contributed by atoms with van der Waals surface area (Å²) in [5.41, 5.74) is 6.66. The molecule has 3 N–H and O–H groups in total. The smallest absolute Gasteiger partial charge is 0.236 e. The number of amides is 1. The number of nitrogens with one attached hydrogen (secondary N) is 1. The van der Waals surface area contributed by atoms with Crippen LogP contribution in [0.1, 0.15) is 25.3 Å². The Morgan fingerprint density at radius 3 is 2.78 bits per heavy atom. The van der Waals surface area contributed by atoms with Crippen LogP contribution in [0.4, 0.5) is 0 Å². The van der Waals surface area contributed by atoms with E-state index in [1.165, 1.54) is 0 Å². The van der Waals surface area contributed by atoms with Crippen molar-refractivity contribution in [3.05, 3.63) is 33.8 Å². The maximum Gasteiger partial charge on any atom is 0.236 e. The minimum atomic E-state index is -0.421. The van der Waals surface area contributed by atoms with Gasteiger partial charge in [0.1, 0.15) is 0 Å². The van der Waals surface area contributed by atoms with E-state index >= 15 is 0 Å². The van der Waals surface area contributed by atoms with Gasteiger partial charge in [0.2, 0.25) is 5.91 Å². The average Bonchev–Trinajstić information content (AvgIpc) is 2.32. The zero-order valence-corrected chi connectivity index (χ0v) is 11.9. The summed E-state index contributed by atoms with van der Waals surface area (Å²) in [5.74, 6) is -0.109. The molecule has 0 radical (unpaired) electrons. The molecule has 0 bridgehead atoms. The van der Waals surface area contributed by atoms with Crippen LogP contribution >= 0.6 is 23.2 Å². The van der Waals surface area contributed by atoms with Crippen LogP contribution in [0.15, 0.2) is 18.2 Å². The van der Waals surface area contributed by atoms with Gasteiger partial charge in [-0.05, 0) is 30.5 Å². The van der Waals surface area contributed by atoms with E-state index in [0.29, 0.717) is 29.4 Å². The van der Waals surface area contributed by atoms with Crippen molar-refractivity contribution < 1.29 is 4.79 Å². The molecule has 0 saturated carbocycles. The minimum Gasteiger partial charge on any atom is -0.354 e. The number of hydrogen-bond acceptors (Lipinski definition) is 2. The molecule has 3 nitrogen and oxygen atoms in total. The van der Waals surface area contributed by atoms with E-state index < -0.39 is 6.04 Å². The number of benzene rings is 1. The van der Waals surface area contributed by atoms with Crippen molar-refractivity contribution in [3.8, 4) is 0 Å². The van der Waals surface area contributed by atoms with Crippen LogP contribution < -0.4 is 11.1 Å². The topological polar surface area (TPSA) is 55.1 Å². The van der Waals surface area contributed by atoms with Crippen LogP contribution in [0.3, 0.4) is 0 Å². The third-order valence-corrected chi connectivity index (χ3v) is 3.23. The molecule has 0 heterocycles. The van der Waals surface area contributed by atoms with Gasteiger partial charge in [-0.3, -0.25) is 4.79 Å². The summed E-state index contributed by atoms with van der Waals surface area (Å²) in [5, 5.41) is 4.03. The third-order valence-electron chi connectivity index (χ3n) is 2.65. The first-order chi connectivity index (χ1) is 8.54. The van der Waals surface area contributed by atoms with E-state index in [0.717, 1.165) is 12.0 Å². The summed E-state index contributed by atoms with van der Waals surface area (Å²) in [6.45, 7) is 2.53. The molecule has 5 heteroatoms. The van der Waals surface area contributed by atoms with E-state index in [9.17, 15) is 4.79 Å². The van der Waals surface area contributed by atoms with Crippen LogP contribution in [0.2, 0.25) is 10.0 Å². The lowest BCUT2D eigenvalue weighted by molar-refractivity contribution is -0.122. The van der Waals surface area contributed by atoms with Gasteiger partial charge in [-0.2, -0.15) is 0 Å². The lowest BCUT2D eigenvalue weighted by Gasteiger charge is -2.11. The quantitative estimate of drug-likeness (QED) is 0.846.